The summed E-state index contributed by atoms with van der Waals surface area (Å²) >= 11 is 5.03. The molecule has 64 valence electrons. The molecule has 0 aliphatic carbocycles. The molecule has 1 heterocycles. The van der Waals surface area contributed by atoms with Gasteiger partial charge >= 0.3 is 0 Å². The topological polar surface area (TPSA) is 30.0 Å². The summed E-state index contributed by atoms with van der Waals surface area (Å²) in [5.41, 5.74) is -0.413. The maximum absolute atomic E-state index is 12.0. The minimum atomic E-state index is -2.61. The van der Waals surface area contributed by atoms with Gasteiger partial charge in [0.1, 0.15) is 5.69 Å². The number of hydrogen-bond donors (Lipinski definition) is 0. The minimum Gasteiger partial charge on any atom is -0.274 e. The molecule has 12 heavy (non-hydrogen) atoms. The fourth-order valence-electron chi connectivity index (χ4n) is 0.690. The maximum Gasteiger partial charge on any atom is 0.270 e. The molecule has 0 saturated carbocycles. The molecule has 1 aromatic heterocycles. The molecule has 1 rings (SSSR count). The van der Waals surface area contributed by atoms with Crippen molar-refractivity contribution in [3.63, 3.8) is 0 Å². The Balaban J connectivity index is 3.04. The van der Waals surface area contributed by atoms with Crippen molar-refractivity contribution in [3.05, 3.63) is 29.6 Å². The second-order valence-corrected chi connectivity index (χ2v) is 2.39. The lowest BCUT2D eigenvalue weighted by atomic mass is 10.2. The van der Waals surface area contributed by atoms with Gasteiger partial charge in [0.25, 0.3) is 11.7 Å². The molecule has 0 amide bonds. The molecule has 2 nitrogen and oxygen atoms in total. The van der Waals surface area contributed by atoms with Crippen LogP contribution in [-0.4, -0.2) is 10.2 Å². The largest absolute Gasteiger partial charge is 0.274 e. The number of rotatable bonds is 2. The summed E-state index contributed by atoms with van der Waals surface area (Å²) in [6.07, 6.45) is -1.49. The highest BCUT2D eigenvalue weighted by atomic mass is 35.5. The van der Waals surface area contributed by atoms with Gasteiger partial charge in [0.2, 0.25) is 0 Å². The molecule has 1 aromatic rings. The third-order valence-electron chi connectivity index (χ3n) is 1.24. The number of hydrogen-bond acceptors (Lipinski definition) is 2. The van der Waals surface area contributed by atoms with Crippen LogP contribution in [0.15, 0.2) is 18.3 Å². The summed E-state index contributed by atoms with van der Waals surface area (Å²) in [6.45, 7) is 0. The van der Waals surface area contributed by atoms with Gasteiger partial charge in [-0.2, -0.15) is 0 Å². The molecule has 0 aliphatic heterocycles. The van der Waals surface area contributed by atoms with Gasteiger partial charge in [0.05, 0.1) is 0 Å². The van der Waals surface area contributed by atoms with Gasteiger partial charge in [-0.25, -0.2) is 8.78 Å². The molecule has 0 N–H and O–H groups in total. The van der Waals surface area contributed by atoms with Crippen molar-refractivity contribution in [2.75, 3.05) is 0 Å². The summed E-state index contributed by atoms with van der Waals surface area (Å²) in [4.78, 5) is 14.0. The minimum absolute atomic E-state index is 0.158. The average molecular weight is 192 g/mol. The molecule has 0 radical (unpaired) electrons. The van der Waals surface area contributed by atoms with Crippen molar-refractivity contribution in [1.82, 2.24) is 4.98 Å². The van der Waals surface area contributed by atoms with Gasteiger partial charge in [-0.3, -0.25) is 9.78 Å². The Morgan fingerprint density at radius 2 is 2.25 bits per heavy atom. The molecule has 0 spiro atoms. The van der Waals surface area contributed by atoms with Gasteiger partial charge < -0.3 is 0 Å². The van der Waals surface area contributed by atoms with E-state index in [-0.39, 0.29) is 11.3 Å². The fraction of sp³-hybridized carbons (Fsp3) is 0.143. The number of carbonyl (C=O) groups excluding carboxylic acids is 1. The van der Waals surface area contributed by atoms with Crippen LogP contribution in [0, 0.1) is 0 Å². The zero-order valence-corrected chi connectivity index (χ0v) is 6.55. The first-order chi connectivity index (χ1) is 5.61. The Hall–Kier alpha value is -1.03. The van der Waals surface area contributed by atoms with Crippen LogP contribution in [-0.2, 0) is 0 Å². The highest BCUT2D eigenvalue weighted by molar-refractivity contribution is 6.67. The van der Waals surface area contributed by atoms with Crippen molar-refractivity contribution in [1.29, 1.82) is 0 Å². The molecule has 0 aliphatic rings. The molecule has 0 bridgehead atoms. The molecule has 0 saturated heterocycles. The second kappa shape index (κ2) is 3.58. The molecule has 0 unspecified atom stereocenters. The van der Waals surface area contributed by atoms with E-state index in [1.807, 2.05) is 0 Å². The average Bonchev–Trinajstić information content (AvgIpc) is 2.04. The predicted octanol–water partition coefficient (Wildman–Crippen LogP) is 2.40. The lowest BCUT2D eigenvalue weighted by Crippen LogP contribution is -1.95. The van der Waals surface area contributed by atoms with Gasteiger partial charge in [-0.05, 0) is 23.7 Å². The van der Waals surface area contributed by atoms with Crippen molar-refractivity contribution in [2.45, 2.75) is 6.43 Å². The summed E-state index contributed by atoms with van der Waals surface area (Å²) in [7, 11) is 0. The van der Waals surface area contributed by atoms with Crippen LogP contribution in [0.1, 0.15) is 22.5 Å². The fourth-order valence-corrected chi connectivity index (χ4v) is 0.793. The Bertz CT molecular complexity index is 303. The number of aromatic nitrogens is 1. The monoisotopic (exact) mass is 191 g/mol. The van der Waals surface area contributed by atoms with E-state index in [0.717, 1.165) is 18.3 Å². The molecular formula is C7H4ClF2NO. The summed E-state index contributed by atoms with van der Waals surface area (Å²) in [6, 6.07) is 2.11. The zero-order chi connectivity index (χ0) is 9.14. The number of carbonyl (C=O) groups is 1. The SMILES string of the molecule is O=C(Cl)c1cc(C(F)F)ccn1. The van der Waals surface area contributed by atoms with E-state index in [1.165, 1.54) is 0 Å². The quantitative estimate of drug-likeness (QED) is 0.672. The highest BCUT2D eigenvalue weighted by Gasteiger charge is 2.10. The number of nitrogens with zero attached hydrogens (tertiary/aromatic N) is 1. The lowest BCUT2D eigenvalue weighted by molar-refractivity contribution is 0.107. The number of halogens is 3. The van der Waals surface area contributed by atoms with E-state index < -0.39 is 11.7 Å². The smallest absolute Gasteiger partial charge is 0.270 e. The normalized spacial score (nSPS) is 10.3. The standard InChI is InChI=1S/C7H4ClF2NO/c8-6(12)5-3-4(7(9)10)1-2-11-5/h1-3,7H. The van der Waals surface area contributed by atoms with Crippen molar-refractivity contribution >= 4 is 16.8 Å². The Kier molecular flexibility index (Phi) is 2.70. The lowest BCUT2D eigenvalue weighted by Gasteiger charge is -1.98. The van der Waals surface area contributed by atoms with E-state index in [4.69, 9.17) is 11.6 Å². The summed E-state index contributed by atoms with van der Waals surface area (Å²) < 4.78 is 24.1. The Morgan fingerprint density at radius 3 is 2.75 bits per heavy atom. The van der Waals surface area contributed by atoms with Crippen LogP contribution in [0.3, 0.4) is 0 Å². The Labute approximate surface area is 72.2 Å². The molecular weight excluding hydrogens is 188 g/mol. The van der Waals surface area contributed by atoms with Crippen LogP contribution in [0.25, 0.3) is 0 Å². The van der Waals surface area contributed by atoms with E-state index in [0.29, 0.717) is 0 Å². The van der Waals surface area contributed by atoms with Crippen LogP contribution >= 0.6 is 11.6 Å². The van der Waals surface area contributed by atoms with Crippen molar-refractivity contribution in [3.8, 4) is 0 Å². The first-order valence-electron chi connectivity index (χ1n) is 3.05. The zero-order valence-electron chi connectivity index (χ0n) is 5.80. The maximum atomic E-state index is 12.0. The molecule has 0 fully saturated rings. The van der Waals surface area contributed by atoms with E-state index in [9.17, 15) is 13.6 Å². The van der Waals surface area contributed by atoms with E-state index in [2.05, 4.69) is 4.98 Å². The predicted molar refractivity (Wildman–Crippen MR) is 39.4 cm³/mol. The molecule has 5 heteroatoms. The van der Waals surface area contributed by atoms with Crippen molar-refractivity contribution < 1.29 is 13.6 Å². The van der Waals surface area contributed by atoms with Crippen LogP contribution in [0.4, 0.5) is 8.78 Å². The second-order valence-electron chi connectivity index (χ2n) is 2.05. The van der Waals surface area contributed by atoms with Crippen molar-refractivity contribution in [2.24, 2.45) is 0 Å². The van der Waals surface area contributed by atoms with Crippen LogP contribution in [0.5, 0.6) is 0 Å². The van der Waals surface area contributed by atoms with E-state index >= 15 is 0 Å². The highest BCUT2D eigenvalue weighted by Crippen LogP contribution is 2.18. The number of pyridine rings is 1. The van der Waals surface area contributed by atoms with Gasteiger partial charge in [0.15, 0.2) is 0 Å². The first kappa shape index (κ1) is 9.06. The summed E-state index contributed by atoms with van der Waals surface area (Å²) in [5, 5.41) is -0.836. The Morgan fingerprint density at radius 1 is 1.58 bits per heavy atom. The molecule has 0 atom stereocenters. The molecule has 0 aromatic carbocycles. The third kappa shape index (κ3) is 1.98. The summed E-state index contributed by atoms with van der Waals surface area (Å²) in [5.74, 6) is 0. The third-order valence-corrected chi connectivity index (χ3v) is 1.43. The van der Waals surface area contributed by atoms with Gasteiger partial charge in [-0.1, -0.05) is 0 Å². The van der Waals surface area contributed by atoms with Gasteiger partial charge in [-0.15, -0.1) is 0 Å². The number of alkyl halides is 2. The van der Waals surface area contributed by atoms with Crippen LogP contribution < -0.4 is 0 Å². The first-order valence-corrected chi connectivity index (χ1v) is 3.43. The van der Waals surface area contributed by atoms with Crippen LogP contribution in [0.2, 0.25) is 0 Å². The van der Waals surface area contributed by atoms with Gasteiger partial charge in [0, 0.05) is 11.8 Å². The van der Waals surface area contributed by atoms with E-state index in [1.54, 1.807) is 0 Å².